The summed E-state index contributed by atoms with van der Waals surface area (Å²) < 4.78 is 27.5. The summed E-state index contributed by atoms with van der Waals surface area (Å²) in [5, 5.41) is 8.66. The van der Waals surface area contributed by atoms with Crippen LogP contribution in [0.3, 0.4) is 0 Å². The van der Waals surface area contributed by atoms with Gasteiger partial charge < -0.3 is 0 Å². The number of hydrogen-bond donors (Lipinski definition) is 4. The fourth-order valence-corrected chi connectivity index (χ4v) is 4.15. The SMILES string of the molecule is Cc1cc2c(cc1Cl)SC(NNC(=O)NO)=NS2(=O)=O. The van der Waals surface area contributed by atoms with Crippen LogP contribution in [0.4, 0.5) is 4.79 Å². The number of amides is 2. The van der Waals surface area contributed by atoms with Gasteiger partial charge in [-0.05, 0) is 36.4 Å². The van der Waals surface area contributed by atoms with Crippen LogP contribution in [0.5, 0.6) is 0 Å². The van der Waals surface area contributed by atoms with Crippen molar-refractivity contribution in [1.82, 2.24) is 16.3 Å². The van der Waals surface area contributed by atoms with E-state index in [1.807, 2.05) is 5.43 Å². The van der Waals surface area contributed by atoms with Crippen LogP contribution in [0.1, 0.15) is 5.56 Å². The van der Waals surface area contributed by atoms with Crippen LogP contribution in [0.25, 0.3) is 0 Å². The smallest absolute Gasteiger partial charge is 0.287 e. The standard InChI is InChI=1S/C9H9ClN4O4S2/c1-4-2-7-6(3-5(4)10)19-9(14-20(7,17)18)12-11-8(15)13-16/h2-3,16H,1H3,(H,12,14)(H2,11,13,15). The first-order chi connectivity index (χ1) is 9.33. The molecular weight excluding hydrogens is 328 g/mol. The lowest BCUT2D eigenvalue weighted by molar-refractivity contribution is 0.160. The molecule has 0 unspecified atom stereocenters. The van der Waals surface area contributed by atoms with E-state index < -0.39 is 16.1 Å². The zero-order chi connectivity index (χ0) is 14.9. The molecule has 1 aromatic rings. The van der Waals surface area contributed by atoms with Crippen molar-refractivity contribution in [3.63, 3.8) is 0 Å². The number of thioether (sulfide) groups is 1. The number of carbonyl (C=O) groups excluding carboxylic acids is 1. The molecule has 2 rings (SSSR count). The van der Waals surface area contributed by atoms with E-state index in [9.17, 15) is 13.2 Å². The highest BCUT2D eigenvalue weighted by Gasteiger charge is 2.27. The van der Waals surface area contributed by atoms with Gasteiger partial charge in [0.25, 0.3) is 10.0 Å². The van der Waals surface area contributed by atoms with Crippen molar-refractivity contribution in [2.24, 2.45) is 4.40 Å². The second-order valence-corrected chi connectivity index (χ2v) is 6.72. The van der Waals surface area contributed by atoms with Gasteiger partial charge in [-0.1, -0.05) is 11.6 Å². The molecule has 1 heterocycles. The fourth-order valence-electron chi connectivity index (χ4n) is 1.39. The Labute approximate surface area is 123 Å². The Bertz CT molecular complexity index is 704. The minimum absolute atomic E-state index is 0.0570. The average Bonchev–Trinajstić information content (AvgIpc) is 2.38. The van der Waals surface area contributed by atoms with Crippen molar-refractivity contribution in [1.29, 1.82) is 0 Å². The third kappa shape index (κ3) is 2.98. The summed E-state index contributed by atoms with van der Waals surface area (Å²) in [5.41, 5.74) is 6.21. The molecule has 2 amide bonds. The molecule has 0 aromatic heterocycles. The van der Waals surface area contributed by atoms with Gasteiger partial charge in [-0.25, -0.2) is 15.7 Å². The molecule has 0 saturated carbocycles. The quantitative estimate of drug-likeness (QED) is 0.414. The number of fused-ring (bicyclic) bond motifs is 1. The predicted molar refractivity (Wildman–Crippen MR) is 73.3 cm³/mol. The van der Waals surface area contributed by atoms with Gasteiger partial charge in [-0.3, -0.25) is 10.6 Å². The molecule has 108 valence electrons. The maximum absolute atomic E-state index is 12.0. The molecule has 0 spiro atoms. The Balaban J connectivity index is 2.33. The van der Waals surface area contributed by atoms with Crippen molar-refractivity contribution in [3.05, 3.63) is 22.7 Å². The maximum atomic E-state index is 12.0. The van der Waals surface area contributed by atoms with E-state index in [0.29, 0.717) is 15.5 Å². The molecule has 11 heteroatoms. The Morgan fingerprint density at radius 3 is 2.80 bits per heavy atom. The summed E-state index contributed by atoms with van der Waals surface area (Å²) in [6.07, 6.45) is 0. The molecule has 1 aromatic carbocycles. The third-order valence-electron chi connectivity index (χ3n) is 2.30. The molecule has 0 radical (unpaired) electrons. The van der Waals surface area contributed by atoms with Gasteiger partial charge in [0.1, 0.15) is 4.90 Å². The molecule has 0 aliphatic carbocycles. The highest BCUT2D eigenvalue weighted by atomic mass is 35.5. The maximum Gasteiger partial charge on any atom is 0.357 e. The Hall–Kier alpha value is -1.49. The summed E-state index contributed by atoms with van der Waals surface area (Å²) in [5.74, 6) is 0. The number of hydroxylamine groups is 1. The summed E-state index contributed by atoms with van der Waals surface area (Å²) in [6.45, 7) is 1.69. The third-order valence-corrected chi connectivity index (χ3v) is 5.21. The molecule has 20 heavy (non-hydrogen) atoms. The second kappa shape index (κ2) is 5.48. The van der Waals surface area contributed by atoms with Gasteiger partial charge >= 0.3 is 6.03 Å². The number of hydrazine groups is 1. The number of urea groups is 1. The minimum atomic E-state index is -3.87. The fraction of sp³-hybridized carbons (Fsp3) is 0.111. The van der Waals surface area contributed by atoms with Crippen LogP contribution in [-0.4, -0.2) is 24.8 Å². The number of benzene rings is 1. The average molecular weight is 337 g/mol. The van der Waals surface area contributed by atoms with E-state index in [2.05, 4.69) is 9.82 Å². The largest absolute Gasteiger partial charge is 0.357 e. The van der Waals surface area contributed by atoms with E-state index in [0.717, 1.165) is 11.8 Å². The lowest BCUT2D eigenvalue weighted by atomic mass is 10.2. The van der Waals surface area contributed by atoms with E-state index >= 15 is 0 Å². The molecular formula is C9H9ClN4O4S2. The van der Waals surface area contributed by atoms with Crippen molar-refractivity contribution >= 4 is 44.6 Å². The molecule has 0 fully saturated rings. The van der Waals surface area contributed by atoms with Crippen molar-refractivity contribution in [2.75, 3.05) is 0 Å². The van der Waals surface area contributed by atoms with Crippen molar-refractivity contribution < 1.29 is 18.4 Å². The van der Waals surface area contributed by atoms with Gasteiger partial charge in [0, 0.05) is 9.92 Å². The number of halogens is 1. The molecule has 0 saturated heterocycles. The molecule has 8 nitrogen and oxygen atoms in total. The number of rotatable bonds is 0. The van der Waals surface area contributed by atoms with Gasteiger partial charge in [-0.2, -0.15) is 8.42 Å². The van der Waals surface area contributed by atoms with Crippen LogP contribution < -0.4 is 16.3 Å². The molecule has 0 atom stereocenters. The first kappa shape index (κ1) is 14.9. The summed E-state index contributed by atoms with van der Waals surface area (Å²) in [4.78, 5) is 11.2. The van der Waals surface area contributed by atoms with Gasteiger partial charge in [0.2, 0.25) is 0 Å². The van der Waals surface area contributed by atoms with E-state index in [1.54, 1.807) is 6.92 Å². The number of amidine groups is 1. The van der Waals surface area contributed by atoms with E-state index in [-0.39, 0.29) is 10.1 Å². The Morgan fingerprint density at radius 1 is 1.45 bits per heavy atom. The topological polar surface area (TPSA) is 120 Å². The highest BCUT2D eigenvalue weighted by Crippen LogP contribution is 2.36. The first-order valence-electron chi connectivity index (χ1n) is 5.12. The van der Waals surface area contributed by atoms with Gasteiger partial charge in [0.05, 0.1) is 0 Å². The van der Waals surface area contributed by atoms with Crippen LogP contribution in [0.15, 0.2) is 26.3 Å². The molecule has 0 bridgehead atoms. The summed E-state index contributed by atoms with van der Waals surface area (Å²) >= 11 is 6.94. The van der Waals surface area contributed by atoms with E-state index in [4.69, 9.17) is 16.8 Å². The van der Waals surface area contributed by atoms with Gasteiger partial charge in [-0.15, -0.1) is 4.40 Å². The lowest BCUT2D eigenvalue weighted by Gasteiger charge is -2.17. The van der Waals surface area contributed by atoms with Crippen molar-refractivity contribution in [2.45, 2.75) is 16.7 Å². The number of carbonyl (C=O) groups is 1. The van der Waals surface area contributed by atoms with Crippen LogP contribution in [0, 0.1) is 6.92 Å². The minimum Gasteiger partial charge on any atom is -0.287 e. The van der Waals surface area contributed by atoms with Gasteiger partial charge in [0.15, 0.2) is 5.17 Å². The predicted octanol–water partition coefficient (Wildman–Crippen LogP) is 0.992. The van der Waals surface area contributed by atoms with E-state index in [1.165, 1.54) is 17.6 Å². The summed E-state index contributed by atoms with van der Waals surface area (Å²) in [7, 11) is -3.87. The Morgan fingerprint density at radius 2 is 2.15 bits per heavy atom. The second-order valence-electron chi connectivity index (χ2n) is 3.71. The monoisotopic (exact) mass is 336 g/mol. The number of hydrogen-bond acceptors (Lipinski definition) is 6. The number of nitrogens with one attached hydrogen (secondary N) is 3. The molecule has 1 aliphatic heterocycles. The summed E-state index contributed by atoms with van der Waals surface area (Å²) in [6, 6.07) is 1.99. The van der Waals surface area contributed by atoms with Crippen LogP contribution >= 0.6 is 23.4 Å². The molecule has 1 aliphatic rings. The normalized spacial score (nSPS) is 15.8. The number of sulfonamides is 1. The van der Waals surface area contributed by atoms with Crippen molar-refractivity contribution in [3.8, 4) is 0 Å². The van der Waals surface area contributed by atoms with Crippen LogP contribution in [-0.2, 0) is 10.0 Å². The zero-order valence-electron chi connectivity index (χ0n) is 9.97. The molecule has 4 N–H and O–H groups in total. The Kier molecular flexibility index (Phi) is 4.09. The lowest BCUT2D eigenvalue weighted by Crippen LogP contribution is -2.45. The number of aryl methyl sites for hydroxylation is 1. The zero-order valence-corrected chi connectivity index (χ0v) is 12.4. The first-order valence-corrected chi connectivity index (χ1v) is 7.76. The number of nitrogens with zero attached hydrogens (tertiary/aromatic N) is 1. The highest BCUT2D eigenvalue weighted by molar-refractivity contribution is 8.15. The van der Waals surface area contributed by atoms with Crippen LogP contribution in [0.2, 0.25) is 5.02 Å².